The highest BCUT2D eigenvalue weighted by molar-refractivity contribution is 5.71. The van der Waals surface area contributed by atoms with Crippen LogP contribution in [0.3, 0.4) is 0 Å². The van der Waals surface area contributed by atoms with Crippen LogP contribution >= 0.6 is 0 Å². The SMILES string of the molecule is COC(=O)[C@H](C)C[C@H](C)C[C@H](C)C(C)O. The number of carbonyl (C=O) groups is 1. The number of methoxy groups -OCH3 is 1. The normalized spacial score (nSPS) is 19.1. The fourth-order valence-corrected chi connectivity index (χ4v) is 1.83. The molecule has 15 heavy (non-hydrogen) atoms. The third-order valence-corrected chi connectivity index (χ3v) is 2.96. The van der Waals surface area contributed by atoms with Gasteiger partial charge in [0.25, 0.3) is 0 Å². The van der Waals surface area contributed by atoms with Crippen molar-refractivity contribution >= 4 is 5.97 Å². The van der Waals surface area contributed by atoms with Crippen LogP contribution in [0.2, 0.25) is 0 Å². The summed E-state index contributed by atoms with van der Waals surface area (Å²) in [5.74, 6) is 0.520. The van der Waals surface area contributed by atoms with Crippen LogP contribution in [-0.4, -0.2) is 24.3 Å². The smallest absolute Gasteiger partial charge is 0.308 e. The molecule has 1 N–H and O–H groups in total. The predicted octanol–water partition coefficient (Wildman–Crippen LogP) is 2.23. The summed E-state index contributed by atoms with van der Waals surface area (Å²) < 4.78 is 4.68. The Morgan fingerprint density at radius 2 is 1.73 bits per heavy atom. The molecule has 0 heterocycles. The Labute approximate surface area is 92.8 Å². The van der Waals surface area contributed by atoms with Gasteiger partial charge in [-0.3, -0.25) is 4.79 Å². The number of ether oxygens (including phenoxy) is 1. The van der Waals surface area contributed by atoms with Gasteiger partial charge in [-0.25, -0.2) is 0 Å². The maximum absolute atomic E-state index is 11.2. The Morgan fingerprint density at radius 1 is 1.20 bits per heavy atom. The van der Waals surface area contributed by atoms with Crippen molar-refractivity contribution in [1.29, 1.82) is 0 Å². The molecule has 0 saturated carbocycles. The van der Waals surface area contributed by atoms with E-state index < -0.39 is 0 Å². The molecule has 0 aromatic carbocycles. The second-order valence-corrected chi connectivity index (χ2v) is 4.72. The van der Waals surface area contributed by atoms with E-state index in [1.165, 1.54) is 7.11 Å². The fraction of sp³-hybridized carbons (Fsp3) is 0.917. The van der Waals surface area contributed by atoms with Crippen LogP contribution in [0.25, 0.3) is 0 Å². The standard InChI is InChI=1S/C12H24O3/c1-8(6-9(2)11(4)13)7-10(3)12(14)15-5/h8-11,13H,6-7H2,1-5H3/t8-,9+,10-,11?/m1/s1. The van der Waals surface area contributed by atoms with Crippen molar-refractivity contribution in [3.63, 3.8) is 0 Å². The maximum atomic E-state index is 11.2. The first kappa shape index (κ1) is 14.4. The van der Waals surface area contributed by atoms with Crippen molar-refractivity contribution in [2.45, 2.75) is 46.6 Å². The highest BCUT2D eigenvalue weighted by Crippen LogP contribution is 2.22. The largest absolute Gasteiger partial charge is 0.469 e. The molecule has 0 spiro atoms. The number of esters is 1. The number of aliphatic hydroxyl groups excluding tert-OH is 1. The number of hydrogen-bond donors (Lipinski definition) is 1. The third kappa shape index (κ3) is 5.78. The predicted molar refractivity (Wildman–Crippen MR) is 60.4 cm³/mol. The molecule has 0 aromatic rings. The first-order valence-corrected chi connectivity index (χ1v) is 5.64. The highest BCUT2D eigenvalue weighted by atomic mass is 16.5. The lowest BCUT2D eigenvalue weighted by molar-refractivity contribution is -0.145. The number of rotatable bonds is 6. The lowest BCUT2D eigenvalue weighted by Crippen LogP contribution is -2.20. The summed E-state index contributed by atoms with van der Waals surface area (Å²) in [5.41, 5.74) is 0. The van der Waals surface area contributed by atoms with Crippen molar-refractivity contribution in [3.05, 3.63) is 0 Å². The van der Waals surface area contributed by atoms with E-state index in [-0.39, 0.29) is 23.9 Å². The van der Waals surface area contributed by atoms with Gasteiger partial charge >= 0.3 is 5.97 Å². The second kappa shape index (κ2) is 6.83. The first-order chi connectivity index (χ1) is 6.88. The summed E-state index contributed by atoms with van der Waals surface area (Å²) >= 11 is 0. The lowest BCUT2D eigenvalue weighted by Gasteiger charge is -2.21. The molecule has 0 aliphatic heterocycles. The zero-order valence-corrected chi connectivity index (χ0v) is 10.5. The molecule has 0 aromatic heterocycles. The third-order valence-electron chi connectivity index (χ3n) is 2.96. The molecule has 4 atom stereocenters. The Kier molecular flexibility index (Phi) is 6.57. The van der Waals surface area contributed by atoms with E-state index in [1.807, 2.05) is 13.8 Å². The quantitative estimate of drug-likeness (QED) is 0.692. The number of carbonyl (C=O) groups excluding carboxylic acids is 1. The van der Waals surface area contributed by atoms with Gasteiger partial charge in [0, 0.05) is 0 Å². The van der Waals surface area contributed by atoms with Gasteiger partial charge in [-0.15, -0.1) is 0 Å². The summed E-state index contributed by atoms with van der Waals surface area (Å²) in [6.07, 6.45) is 1.49. The molecular formula is C12H24O3. The molecule has 0 aliphatic carbocycles. The average Bonchev–Trinajstić information content (AvgIpc) is 2.15. The van der Waals surface area contributed by atoms with Gasteiger partial charge < -0.3 is 9.84 Å². The fourth-order valence-electron chi connectivity index (χ4n) is 1.83. The molecule has 0 amide bonds. The monoisotopic (exact) mass is 216 g/mol. The van der Waals surface area contributed by atoms with Gasteiger partial charge in [0.15, 0.2) is 0 Å². The molecule has 1 unspecified atom stereocenters. The van der Waals surface area contributed by atoms with Gasteiger partial charge in [0.1, 0.15) is 0 Å². The summed E-state index contributed by atoms with van der Waals surface area (Å²) in [5, 5.41) is 9.37. The van der Waals surface area contributed by atoms with Crippen LogP contribution in [-0.2, 0) is 9.53 Å². The Morgan fingerprint density at radius 3 is 2.13 bits per heavy atom. The van der Waals surface area contributed by atoms with E-state index in [0.717, 1.165) is 12.8 Å². The summed E-state index contributed by atoms with van der Waals surface area (Å²) in [4.78, 5) is 11.2. The lowest BCUT2D eigenvalue weighted by atomic mass is 9.87. The van der Waals surface area contributed by atoms with Gasteiger partial charge in [0.05, 0.1) is 19.1 Å². The van der Waals surface area contributed by atoms with Crippen molar-refractivity contribution < 1.29 is 14.6 Å². The molecule has 3 nitrogen and oxygen atoms in total. The molecule has 0 bridgehead atoms. The zero-order chi connectivity index (χ0) is 12.0. The van der Waals surface area contributed by atoms with Gasteiger partial charge in [-0.2, -0.15) is 0 Å². The first-order valence-electron chi connectivity index (χ1n) is 5.64. The van der Waals surface area contributed by atoms with E-state index in [0.29, 0.717) is 5.92 Å². The summed E-state index contributed by atoms with van der Waals surface area (Å²) in [7, 11) is 1.42. The highest BCUT2D eigenvalue weighted by Gasteiger charge is 2.19. The van der Waals surface area contributed by atoms with Crippen molar-refractivity contribution in [2.75, 3.05) is 7.11 Å². The Hall–Kier alpha value is -0.570. The van der Waals surface area contributed by atoms with Gasteiger partial charge in [0.2, 0.25) is 0 Å². The Bertz CT molecular complexity index is 189. The summed E-state index contributed by atoms with van der Waals surface area (Å²) in [6, 6.07) is 0. The van der Waals surface area contributed by atoms with Crippen molar-refractivity contribution in [2.24, 2.45) is 17.8 Å². The van der Waals surface area contributed by atoms with E-state index in [1.54, 1.807) is 6.92 Å². The van der Waals surface area contributed by atoms with Crippen LogP contribution in [0.5, 0.6) is 0 Å². The van der Waals surface area contributed by atoms with Crippen LogP contribution in [0.4, 0.5) is 0 Å². The van der Waals surface area contributed by atoms with E-state index in [4.69, 9.17) is 0 Å². The molecule has 0 fully saturated rings. The Balaban J connectivity index is 3.92. The molecule has 0 aliphatic rings. The molecule has 90 valence electrons. The second-order valence-electron chi connectivity index (χ2n) is 4.72. The molecule has 0 radical (unpaired) electrons. The van der Waals surface area contributed by atoms with Crippen LogP contribution < -0.4 is 0 Å². The summed E-state index contributed by atoms with van der Waals surface area (Å²) in [6.45, 7) is 7.83. The van der Waals surface area contributed by atoms with Gasteiger partial charge in [-0.05, 0) is 31.6 Å². The number of hydrogen-bond acceptors (Lipinski definition) is 3. The number of aliphatic hydroxyl groups is 1. The molecular weight excluding hydrogens is 192 g/mol. The van der Waals surface area contributed by atoms with Crippen molar-refractivity contribution in [1.82, 2.24) is 0 Å². The topological polar surface area (TPSA) is 46.5 Å². The van der Waals surface area contributed by atoms with Crippen LogP contribution in [0, 0.1) is 17.8 Å². The van der Waals surface area contributed by atoms with Crippen LogP contribution in [0.15, 0.2) is 0 Å². The van der Waals surface area contributed by atoms with E-state index >= 15 is 0 Å². The van der Waals surface area contributed by atoms with Gasteiger partial charge in [-0.1, -0.05) is 20.8 Å². The molecule has 0 saturated heterocycles. The minimum Gasteiger partial charge on any atom is -0.469 e. The minimum absolute atomic E-state index is 0.0498. The molecule has 3 heteroatoms. The molecule has 0 rings (SSSR count). The minimum atomic E-state index is -0.277. The van der Waals surface area contributed by atoms with Crippen LogP contribution in [0.1, 0.15) is 40.5 Å². The zero-order valence-electron chi connectivity index (χ0n) is 10.5. The van der Waals surface area contributed by atoms with E-state index in [9.17, 15) is 9.90 Å². The maximum Gasteiger partial charge on any atom is 0.308 e. The average molecular weight is 216 g/mol. The van der Waals surface area contributed by atoms with Crippen molar-refractivity contribution in [3.8, 4) is 0 Å². The van der Waals surface area contributed by atoms with E-state index in [2.05, 4.69) is 11.7 Å².